The second kappa shape index (κ2) is 6.92. The molecule has 1 aliphatic rings. The third-order valence-electron chi connectivity index (χ3n) is 4.34. The van der Waals surface area contributed by atoms with Gasteiger partial charge < -0.3 is 14.4 Å². The molecular weight excluding hydrogens is 308 g/mol. The second-order valence-electron chi connectivity index (χ2n) is 5.86. The Morgan fingerprint density at radius 1 is 1.29 bits per heavy atom. The van der Waals surface area contributed by atoms with Gasteiger partial charge in [0.15, 0.2) is 0 Å². The molecule has 0 aliphatic carbocycles. The van der Waals surface area contributed by atoms with Crippen molar-refractivity contribution < 1.29 is 14.3 Å². The van der Waals surface area contributed by atoms with Crippen LogP contribution in [0, 0.1) is 0 Å². The Morgan fingerprint density at radius 3 is 2.58 bits per heavy atom. The first-order valence-corrected chi connectivity index (χ1v) is 7.85. The Labute approximate surface area is 141 Å². The molecule has 1 aromatic heterocycles. The van der Waals surface area contributed by atoms with Gasteiger partial charge >= 0.3 is 0 Å². The van der Waals surface area contributed by atoms with Crippen LogP contribution in [0.2, 0.25) is 0 Å². The van der Waals surface area contributed by atoms with E-state index in [1.807, 2.05) is 30.1 Å². The lowest BCUT2D eigenvalue weighted by Gasteiger charge is -2.23. The van der Waals surface area contributed by atoms with Gasteiger partial charge in [-0.25, -0.2) is 0 Å². The molecule has 1 fully saturated rings. The van der Waals surface area contributed by atoms with Gasteiger partial charge in [0, 0.05) is 43.2 Å². The van der Waals surface area contributed by atoms with E-state index >= 15 is 0 Å². The number of carbonyl (C=O) groups is 1. The minimum Gasteiger partial charge on any atom is -0.497 e. The largest absolute Gasteiger partial charge is 0.497 e. The monoisotopic (exact) mass is 330 g/mol. The van der Waals surface area contributed by atoms with Crippen molar-refractivity contribution in [1.82, 2.24) is 15.1 Å². The molecule has 0 radical (unpaired) electrons. The molecule has 24 heavy (non-hydrogen) atoms. The van der Waals surface area contributed by atoms with Crippen molar-refractivity contribution in [1.29, 1.82) is 0 Å². The van der Waals surface area contributed by atoms with E-state index in [9.17, 15) is 4.79 Å². The fourth-order valence-electron chi connectivity index (χ4n) is 3.03. The average molecular weight is 330 g/mol. The number of benzene rings is 1. The highest BCUT2D eigenvalue weighted by Crippen LogP contribution is 2.31. The van der Waals surface area contributed by atoms with E-state index in [0.29, 0.717) is 24.6 Å². The number of hydrogen-bond acceptors (Lipinski definition) is 5. The highest BCUT2D eigenvalue weighted by molar-refractivity contribution is 5.99. The molecule has 0 saturated carbocycles. The molecule has 1 saturated heterocycles. The van der Waals surface area contributed by atoms with Crippen LogP contribution in [0.5, 0.6) is 11.5 Å². The number of likely N-dealkylation sites (N-methyl/N-ethyl adjacent to an activating group) is 1. The summed E-state index contributed by atoms with van der Waals surface area (Å²) in [5.41, 5.74) is 1.79. The predicted molar refractivity (Wildman–Crippen MR) is 90.4 cm³/mol. The Hall–Kier alpha value is -2.54. The van der Waals surface area contributed by atoms with Crippen LogP contribution < -0.4 is 14.4 Å². The summed E-state index contributed by atoms with van der Waals surface area (Å²) in [7, 11) is 5.16. The molecule has 1 aromatic carbocycles. The number of nitrogens with one attached hydrogen (secondary N) is 1. The molecule has 0 bridgehead atoms. The summed E-state index contributed by atoms with van der Waals surface area (Å²) in [5, 5.41) is 6.88. The zero-order valence-corrected chi connectivity index (χ0v) is 14.2. The number of methoxy groups -OCH3 is 2. The summed E-state index contributed by atoms with van der Waals surface area (Å²) in [6, 6.07) is 7.28. The summed E-state index contributed by atoms with van der Waals surface area (Å²) in [4.78, 5) is 16.7. The van der Waals surface area contributed by atoms with Crippen molar-refractivity contribution in [3.8, 4) is 11.5 Å². The smallest absolute Gasteiger partial charge is 0.244 e. The number of hydrogen-bond donors (Lipinski definition) is 1. The Balaban J connectivity index is 1.76. The molecule has 1 aliphatic heterocycles. The third kappa shape index (κ3) is 3.21. The van der Waals surface area contributed by atoms with Gasteiger partial charge in [-0.2, -0.15) is 5.10 Å². The maximum absolute atomic E-state index is 12.9. The molecule has 2 heterocycles. The quantitative estimate of drug-likeness (QED) is 0.872. The second-order valence-corrected chi connectivity index (χ2v) is 5.86. The standard InChI is InChI=1S/C17H22N4O3/c1-20(11-12-4-6-18-19-12)16-5-7-21(17(16)22)13-8-14(23-2)10-15(9-13)24-3/h4,6,8-10,16H,5,7,11H2,1-3H3,(H,18,19)/t16-/m1/s1. The van der Waals surface area contributed by atoms with Crippen molar-refractivity contribution >= 4 is 11.6 Å². The first-order chi connectivity index (χ1) is 11.6. The number of H-pyrrole nitrogens is 1. The number of aromatic nitrogens is 2. The van der Waals surface area contributed by atoms with Crippen molar-refractivity contribution in [2.75, 3.05) is 32.7 Å². The number of carbonyl (C=O) groups excluding carboxylic acids is 1. The Bertz CT molecular complexity index is 680. The number of amides is 1. The molecule has 2 aromatic rings. The molecule has 0 spiro atoms. The summed E-state index contributed by atoms with van der Waals surface area (Å²) < 4.78 is 10.6. The minimum absolute atomic E-state index is 0.0901. The lowest BCUT2D eigenvalue weighted by atomic mass is 10.2. The van der Waals surface area contributed by atoms with Crippen LogP contribution in [-0.2, 0) is 11.3 Å². The van der Waals surface area contributed by atoms with Gasteiger partial charge in [0.1, 0.15) is 11.5 Å². The maximum Gasteiger partial charge on any atom is 0.244 e. The molecule has 1 atom stereocenters. The fourth-order valence-corrected chi connectivity index (χ4v) is 3.03. The number of ether oxygens (including phenoxy) is 2. The summed E-state index contributed by atoms with van der Waals surface area (Å²) in [5.74, 6) is 1.44. The van der Waals surface area contributed by atoms with Gasteiger partial charge in [-0.05, 0) is 19.5 Å². The van der Waals surface area contributed by atoms with Crippen molar-refractivity contribution in [3.05, 3.63) is 36.2 Å². The maximum atomic E-state index is 12.9. The first-order valence-electron chi connectivity index (χ1n) is 7.85. The molecule has 1 amide bonds. The van der Waals surface area contributed by atoms with E-state index < -0.39 is 0 Å². The van der Waals surface area contributed by atoms with Gasteiger partial charge in [0.05, 0.1) is 25.9 Å². The fraction of sp³-hybridized carbons (Fsp3) is 0.412. The molecule has 7 nitrogen and oxygen atoms in total. The molecule has 7 heteroatoms. The van der Waals surface area contributed by atoms with Crippen LogP contribution in [0.3, 0.4) is 0 Å². The highest BCUT2D eigenvalue weighted by Gasteiger charge is 2.35. The average Bonchev–Trinajstić information content (AvgIpc) is 3.23. The van der Waals surface area contributed by atoms with Gasteiger partial charge in [-0.15, -0.1) is 0 Å². The van der Waals surface area contributed by atoms with Gasteiger partial charge in [-0.1, -0.05) is 0 Å². The molecule has 0 unspecified atom stereocenters. The van der Waals surface area contributed by atoms with E-state index in [2.05, 4.69) is 10.2 Å². The third-order valence-corrected chi connectivity index (χ3v) is 4.34. The summed E-state index contributed by atoms with van der Waals surface area (Å²) in [6.07, 6.45) is 2.50. The predicted octanol–water partition coefficient (Wildman–Crippen LogP) is 1.66. The number of anilines is 1. The molecule has 128 valence electrons. The Morgan fingerprint density at radius 2 is 2.00 bits per heavy atom. The van der Waals surface area contributed by atoms with Crippen LogP contribution in [0.4, 0.5) is 5.69 Å². The van der Waals surface area contributed by atoms with Crippen LogP contribution >= 0.6 is 0 Å². The normalized spacial score (nSPS) is 17.6. The van der Waals surface area contributed by atoms with Gasteiger partial charge in [0.2, 0.25) is 5.91 Å². The lowest BCUT2D eigenvalue weighted by Crippen LogP contribution is -2.39. The molecule has 3 rings (SSSR count). The number of rotatable bonds is 6. The minimum atomic E-state index is -0.148. The SMILES string of the molecule is COc1cc(OC)cc(N2CC[C@@H](N(C)Cc3ccn[nH]3)C2=O)c1. The zero-order valence-electron chi connectivity index (χ0n) is 14.2. The topological polar surface area (TPSA) is 70.7 Å². The highest BCUT2D eigenvalue weighted by atomic mass is 16.5. The van der Waals surface area contributed by atoms with Crippen LogP contribution in [-0.4, -0.2) is 54.9 Å². The van der Waals surface area contributed by atoms with E-state index in [-0.39, 0.29) is 11.9 Å². The van der Waals surface area contributed by atoms with Crippen molar-refractivity contribution in [3.63, 3.8) is 0 Å². The van der Waals surface area contributed by atoms with Crippen LogP contribution in [0.15, 0.2) is 30.5 Å². The van der Waals surface area contributed by atoms with Crippen molar-refractivity contribution in [2.45, 2.75) is 19.0 Å². The van der Waals surface area contributed by atoms with E-state index in [0.717, 1.165) is 17.8 Å². The first kappa shape index (κ1) is 16.3. The summed E-state index contributed by atoms with van der Waals surface area (Å²) >= 11 is 0. The number of aromatic amines is 1. The van der Waals surface area contributed by atoms with Crippen LogP contribution in [0.1, 0.15) is 12.1 Å². The van der Waals surface area contributed by atoms with Crippen molar-refractivity contribution in [2.24, 2.45) is 0 Å². The Kier molecular flexibility index (Phi) is 4.71. The van der Waals surface area contributed by atoms with Crippen LogP contribution in [0.25, 0.3) is 0 Å². The lowest BCUT2D eigenvalue weighted by molar-refractivity contribution is -0.121. The zero-order chi connectivity index (χ0) is 17.1. The van der Waals surface area contributed by atoms with E-state index in [1.165, 1.54) is 0 Å². The number of nitrogens with zero attached hydrogens (tertiary/aromatic N) is 3. The van der Waals surface area contributed by atoms with Gasteiger partial charge in [0.25, 0.3) is 0 Å². The van der Waals surface area contributed by atoms with Gasteiger partial charge in [-0.3, -0.25) is 14.8 Å². The summed E-state index contributed by atoms with van der Waals surface area (Å²) in [6.45, 7) is 1.33. The molecule has 1 N–H and O–H groups in total. The molecular formula is C17H22N4O3. The van der Waals surface area contributed by atoms with E-state index in [1.54, 1.807) is 31.4 Å². The van der Waals surface area contributed by atoms with E-state index in [4.69, 9.17) is 9.47 Å².